The molecule has 4 aromatic carbocycles. The highest BCUT2D eigenvalue weighted by molar-refractivity contribution is 7.92. The number of ether oxygens (including phenoxy) is 2. The van der Waals surface area contributed by atoms with Gasteiger partial charge in [0.15, 0.2) is 5.82 Å². The van der Waals surface area contributed by atoms with Crippen LogP contribution in [0.2, 0.25) is 0 Å². The lowest BCUT2D eigenvalue weighted by atomic mass is 9.89. The molecule has 324 valence electrons. The van der Waals surface area contributed by atoms with Crippen LogP contribution in [-0.2, 0) is 43.0 Å². The Balaban J connectivity index is 0.801. The van der Waals surface area contributed by atoms with Crippen LogP contribution in [0.1, 0.15) is 55.2 Å². The Kier molecular flexibility index (Phi) is 11.0. The number of fused-ring (bicyclic) bond motifs is 2. The lowest BCUT2D eigenvalue weighted by molar-refractivity contribution is -0.136. The molecule has 16 nitrogen and oxygen atoms in total. The van der Waals surface area contributed by atoms with E-state index in [1.807, 2.05) is 58.2 Å². The van der Waals surface area contributed by atoms with E-state index in [-0.39, 0.29) is 65.6 Å². The number of rotatable bonds is 11. The molecule has 4 aliphatic rings. The fraction of sp³-hybridized carbons (Fsp3) is 0.386. The molecule has 4 fully saturated rings. The van der Waals surface area contributed by atoms with Crippen LogP contribution in [0.15, 0.2) is 77.6 Å². The normalized spacial score (nSPS) is 20.8. The topological polar surface area (TPSA) is 182 Å². The molecule has 0 radical (unpaired) electrons. The number of aryl methyl sites for hydroxylation is 1. The molecule has 4 saturated heterocycles. The highest BCUT2D eigenvalue weighted by Gasteiger charge is 2.39. The molecule has 0 spiro atoms. The fourth-order valence-corrected chi connectivity index (χ4v) is 10.3. The van der Waals surface area contributed by atoms with E-state index in [1.54, 1.807) is 29.8 Å². The van der Waals surface area contributed by atoms with Crippen molar-refractivity contribution in [3.8, 4) is 11.5 Å². The fourth-order valence-electron chi connectivity index (χ4n) is 9.13. The minimum Gasteiger partial charge on any atom is -0.493 e. The molecule has 5 heterocycles. The van der Waals surface area contributed by atoms with Gasteiger partial charge in [-0.2, -0.15) is 8.42 Å². The molecule has 1 unspecified atom stereocenters. The molecule has 2 atom stereocenters. The predicted molar refractivity (Wildman–Crippen MR) is 226 cm³/mol. The van der Waals surface area contributed by atoms with Crippen LogP contribution in [0.3, 0.4) is 0 Å². The van der Waals surface area contributed by atoms with Gasteiger partial charge in [-0.05, 0) is 85.0 Å². The number of halogens is 1. The predicted octanol–water partition coefficient (Wildman–Crippen LogP) is 3.48. The Hall–Kier alpha value is -6.27. The second-order valence-electron chi connectivity index (χ2n) is 16.5. The lowest BCUT2D eigenvalue weighted by Gasteiger charge is -2.33. The number of carbonyl (C=O) groups excluding carboxylic acids is 4. The van der Waals surface area contributed by atoms with Gasteiger partial charge < -0.3 is 14.4 Å². The number of anilines is 1. The van der Waals surface area contributed by atoms with Gasteiger partial charge >= 0.3 is 15.9 Å². The third-order valence-corrected chi connectivity index (χ3v) is 13.8. The van der Waals surface area contributed by atoms with Gasteiger partial charge in [0.2, 0.25) is 17.7 Å². The van der Waals surface area contributed by atoms with E-state index in [9.17, 15) is 32.4 Å². The smallest absolute Gasteiger partial charge is 0.329 e. The Bertz CT molecular complexity index is 2790. The number of nitrogens with zero attached hydrogens (tertiary/aromatic N) is 5. The van der Waals surface area contributed by atoms with E-state index < -0.39 is 40.4 Å². The molecule has 9 rings (SSSR count). The molecule has 0 aliphatic carbocycles. The first-order valence-corrected chi connectivity index (χ1v) is 22.2. The minimum absolute atomic E-state index is 0.0231. The number of amides is 4. The summed E-state index contributed by atoms with van der Waals surface area (Å²) >= 11 is 0. The van der Waals surface area contributed by atoms with Gasteiger partial charge in [-0.25, -0.2) is 18.2 Å². The summed E-state index contributed by atoms with van der Waals surface area (Å²) in [6, 6.07) is 20.8. The van der Waals surface area contributed by atoms with Gasteiger partial charge in [-0.1, -0.05) is 42.5 Å². The largest absolute Gasteiger partial charge is 0.493 e. The first kappa shape index (κ1) is 41.1. The number of imide groups is 1. The average Bonchev–Trinajstić information content (AvgIpc) is 3.90. The molecule has 0 bridgehead atoms. The Labute approximate surface area is 356 Å². The monoisotopic (exact) mass is 867 g/mol. The zero-order valence-corrected chi connectivity index (χ0v) is 34.9. The van der Waals surface area contributed by atoms with E-state index in [1.165, 1.54) is 10.6 Å². The molecule has 4 aliphatic heterocycles. The van der Waals surface area contributed by atoms with Crippen LogP contribution in [0.5, 0.6) is 11.5 Å². The van der Waals surface area contributed by atoms with Crippen molar-refractivity contribution in [2.75, 3.05) is 50.2 Å². The van der Waals surface area contributed by atoms with Gasteiger partial charge in [-0.15, -0.1) is 0 Å². The lowest BCUT2D eigenvalue weighted by Crippen LogP contribution is -2.44. The number of hydrogen-bond acceptors (Lipinski definition) is 10. The number of likely N-dealkylation sites (tertiary alicyclic amines) is 2. The van der Waals surface area contributed by atoms with E-state index in [4.69, 9.17) is 9.47 Å². The van der Waals surface area contributed by atoms with E-state index in [0.717, 1.165) is 42.5 Å². The standard InChI is InChI=1S/C44H46FN7O9S/c1-48-36-19-30(8-10-34(36)52(44(48)57)35-11-12-38(53)46-43(35)56)29-14-17-50(18-15-29)40(55)24-49-16-13-28(22-49)26-60-32-9-7-31-20-37(61-25-27-5-3-2-4-6-27)42(41(45)33(31)21-32)51-23-39(54)47-62(51,58)59/h2-10,19-21,28-29,35H,11-18,22-26H2,1H3,(H,47,54)(H,46,53,56)/t28-,35?/m1/s1. The number of hydrogen-bond donors (Lipinski definition) is 2. The third kappa shape index (κ3) is 7.99. The molecule has 5 aromatic rings. The zero-order valence-electron chi connectivity index (χ0n) is 34.0. The summed E-state index contributed by atoms with van der Waals surface area (Å²) < 4.78 is 59.9. The van der Waals surface area contributed by atoms with Gasteiger partial charge in [0.25, 0.3) is 5.91 Å². The van der Waals surface area contributed by atoms with Crippen molar-refractivity contribution in [3.63, 3.8) is 0 Å². The third-order valence-electron chi connectivity index (χ3n) is 12.5. The first-order chi connectivity index (χ1) is 29.8. The van der Waals surface area contributed by atoms with Crippen molar-refractivity contribution in [2.24, 2.45) is 13.0 Å². The van der Waals surface area contributed by atoms with Crippen molar-refractivity contribution in [2.45, 2.75) is 50.7 Å². The average molecular weight is 868 g/mol. The molecule has 2 N–H and O–H groups in total. The summed E-state index contributed by atoms with van der Waals surface area (Å²) in [4.78, 5) is 67.2. The summed E-state index contributed by atoms with van der Waals surface area (Å²) in [5, 5.41) is 2.91. The summed E-state index contributed by atoms with van der Waals surface area (Å²) in [7, 11) is -2.66. The van der Waals surface area contributed by atoms with Crippen molar-refractivity contribution >= 4 is 61.3 Å². The number of carbonyl (C=O) groups is 4. The SMILES string of the molecule is Cn1c(=O)n(C2CCC(=O)NC2=O)c2ccc(C3CCN(C(=O)CN4CC[C@@H](COc5ccc6cc(OCc7ccccc7)c(N7CC(=O)NS7(=O)=O)c(F)c6c5)C4)CC3)cc21. The molecule has 1 aromatic heterocycles. The molecule has 18 heteroatoms. The highest BCUT2D eigenvalue weighted by atomic mass is 32.2. The second-order valence-corrected chi connectivity index (χ2v) is 18.1. The molecular formula is C44H46FN7O9S. The van der Waals surface area contributed by atoms with Gasteiger partial charge in [-0.3, -0.25) is 38.5 Å². The van der Waals surface area contributed by atoms with Crippen molar-refractivity contribution in [1.29, 1.82) is 0 Å². The molecule has 0 saturated carbocycles. The second kappa shape index (κ2) is 16.5. The van der Waals surface area contributed by atoms with Crippen molar-refractivity contribution in [1.82, 2.24) is 29.0 Å². The Morgan fingerprint density at radius 3 is 2.40 bits per heavy atom. The van der Waals surface area contributed by atoms with Gasteiger partial charge in [0.05, 0.1) is 24.2 Å². The van der Waals surface area contributed by atoms with Crippen molar-refractivity contribution in [3.05, 3.63) is 100 Å². The van der Waals surface area contributed by atoms with Crippen LogP contribution in [0, 0.1) is 11.7 Å². The van der Waals surface area contributed by atoms with Crippen molar-refractivity contribution < 1.29 is 41.5 Å². The van der Waals surface area contributed by atoms with Crippen LogP contribution in [-0.4, -0.2) is 96.9 Å². The van der Waals surface area contributed by atoms with Gasteiger partial charge in [0.1, 0.15) is 36.4 Å². The molecule has 4 amide bonds. The summed E-state index contributed by atoms with van der Waals surface area (Å²) in [5.41, 5.74) is 2.56. The maximum absolute atomic E-state index is 16.4. The number of nitrogens with one attached hydrogen (secondary N) is 2. The number of aromatic nitrogens is 2. The summed E-state index contributed by atoms with van der Waals surface area (Å²) in [6.07, 6.45) is 2.81. The quantitative estimate of drug-likeness (QED) is 0.187. The van der Waals surface area contributed by atoms with Crippen LogP contribution >= 0.6 is 0 Å². The number of benzene rings is 4. The maximum Gasteiger partial charge on any atom is 0.329 e. The minimum atomic E-state index is -4.34. The first-order valence-electron chi connectivity index (χ1n) is 20.8. The maximum atomic E-state index is 16.4. The highest BCUT2D eigenvalue weighted by Crippen LogP contribution is 2.41. The van der Waals surface area contributed by atoms with E-state index >= 15 is 4.39 Å². The van der Waals surface area contributed by atoms with E-state index in [0.29, 0.717) is 53.7 Å². The zero-order chi connectivity index (χ0) is 43.3. The number of imidazole rings is 1. The summed E-state index contributed by atoms with van der Waals surface area (Å²) in [5.74, 6) is -1.69. The van der Waals surface area contributed by atoms with E-state index in [2.05, 4.69) is 10.2 Å². The number of piperidine rings is 2. The van der Waals surface area contributed by atoms with Crippen LogP contribution < -0.4 is 29.5 Å². The van der Waals surface area contributed by atoms with Crippen LogP contribution in [0.4, 0.5) is 10.1 Å². The van der Waals surface area contributed by atoms with Gasteiger partial charge in [0, 0.05) is 44.4 Å². The summed E-state index contributed by atoms with van der Waals surface area (Å²) in [6.45, 7) is 2.68. The Morgan fingerprint density at radius 2 is 1.66 bits per heavy atom. The Morgan fingerprint density at radius 1 is 0.871 bits per heavy atom. The van der Waals surface area contributed by atoms with Crippen LogP contribution in [0.25, 0.3) is 21.8 Å². The molecule has 62 heavy (non-hydrogen) atoms. The molecular weight excluding hydrogens is 822 g/mol.